The SMILES string of the molecule is CCCCCN(CCC)c1nc2c(C(N)=O)cc(F)cc2[nH]1. The van der Waals surface area contributed by atoms with Crippen molar-refractivity contribution in [2.75, 3.05) is 18.0 Å². The molecule has 3 N–H and O–H groups in total. The Balaban J connectivity index is 2.37. The van der Waals surface area contributed by atoms with Crippen molar-refractivity contribution in [1.82, 2.24) is 9.97 Å². The fourth-order valence-corrected chi connectivity index (χ4v) is 2.55. The standard InChI is InChI=1S/C16H23FN4O/c1-3-5-6-8-21(7-4-2)16-19-13-10-11(17)9-12(15(18)22)14(13)20-16/h9-10H,3-8H2,1-2H3,(H2,18,22)(H,19,20). The third-order valence-electron chi connectivity index (χ3n) is 3.63. The fraction of sp³-hybridized carbons (Fsp3) is 0.500. The molecule has 2 aromatic rings. The molecular weight excluding hydrogens is 283 g/mol. The van der Waals surface area contributed by atoms with Gasteiger partial charge in [-0.1, -0.05) is 26.7 Å². The number of aromatic amines is 1. The molecule has 1 amide bonds. The minimum Gasteiger partial charge on any atom is -0.366 e. The highest BCUT2D eigenvalue weighted by Crippen LogP contribution is 2.23. The number of carbonyl (C=O) groups excluding carboxylic acids is 1. The van der Waals surface area contributed by atoms with Gasteiger partial charge in [-0.3, -0.25) is 4.79 Å². The van der Waals surface area contributed by atoms with Crippen LogP contribution in [-0.4, -0.2) is 29.0 Å². The summed E-state index contributed by atoms with van der Waals surface area (Å²) in [6.07, 6.45) is 4.36. The first-order chi connectivity index (χ1) is 10.6. The lowest BCUT2D eigenvalue weighted by atomic mass is 10.1. The topological polar surface area (TPSA) is 75.0 Å². The summed E-state index contributed by atoms with van der Waals surface area (Å²) in [5, 5.41) is 0. The Morgan fingerprint density at radius 2 is 2.05 bits per heavy atom. The van der Waals surface area contributed by atoms with Gasteiger partial charge in [-0.15, -0.1) is 0 Å². The summed E-state index contributed by atoms with van der Waals surface area (Å²) >= 11 is 0. The van der Waals surface area contributed by atoms with Gasteiger partial charge in [-0.25, -0.2) is 9.37 Å². The average molecular weight is 306 g/mol. The highest BCUT2D eigenvalue weighted by Gasteiger charge is 2.16. The molecule has 5 nitrogen and oxygen atoms in total. The smallest absolute Gasteiger partial charge is 0.251 e. The highest BCUT2D eigenvalue weighted by molar-refractivity contribution is 6.04. The molecule has 0 atom stereocenters. The van der Waals surface area contributed by atoms with Crippen LogP contribution in [-0.2, 0) is 0 Å². The number of H-pyrrole nitrogens is 1. The molecule has 2 rings (SSSR count). The van der Waals surface area contributed by atoms with Crippen molar-refractivity contribution in [3.63, 3.8) is 0 Å². The number of fused-ring (bicyclic) bond motifs is 1. The van der Waals surface area contributed by atoms with Crippen LogP contribution in [0.3, 0.4) is 0 Å². The molecule has 1 aromatic heterocycles. The number of carbonyl (C=O) groups is 1. The Morgan fingerprint density at radius 3 is 2.68 bits per heavy atom. The number of hydrogen-bond donors (Lipinski definition) is 2. The van der Waals surface area contributed by atoms with Crippen molar-refractivity contribution in [3.8, 4) is 0 Å². The molecule has 0 spiro atoms. The second-order valence-corrected chi connectivity index (χ2v) is 5.47. The molecule has 22 heavy (non-hydrogen) atoms. The maximum absolute atomic E-state index is 13.6. The lowest BCUT2D eigenvalue weighted by Crippen LogP contribution is -2.26. The van der Waals surface area contributed by atoms with Crippen LogP contribution in [0.5, 0.6) is 0 Å². The summed E-state index contributed by atoms with van der Waals surface area (Å²) in [6.45, 7) is 6.01. The Morgan fingerprint density at radius 1 is 1.27 bits per heavy atom. The van der Waals surface area contributed by atoms with E-state index in [2.05, 4.69) is 28.7 Å². The van der Waals surface area contributed by atoms with Gasteiger partial charge in [-0.05, 0) is 25.0 Å². The number of aromatic nitrogens is 2. The van der Waals surface area contributed by atoms with E-state index in [-0.39, 0.29) is 5.56 Å². The first-order valence-electron chi connectivity index (χ1n) is 7.80. The van der Waals surface area contributed by atoms with Crippen molar-refractivity contribution < 1.29 is 9.18 Å². The van der Waals surface area contributed by atoms with Crippen LogP contribution in [0.1, 0.15) is 49.9 Å². The monoisotopic (exact) mass is 306 g/mol. The van der Waals surface area contributed by atoms with Gasteiger partial charge in [0.1, 0.15) is 11.3 Å². The van der Waals surface area contributed by atoms with Crippen LogP contribution in [0.15, 0.2) is 12.1 Å². The summed E-state index contributed by atoms with van der Waals surface area (Å²) in [7, 11) is 0. The van der Waals surface area contributed by atoms with Crippen molar-refractivity contribution in [2.24, 2.45) is 5.73 Å². The number of unbranched alkanes of at least 4 members (excludes halogenated alkanes) is 2. The van der Waals surface area contributed by atoms with E-state index in [1.165, 1.54) is 6.07 Å². The number of anilines is 1. The van der Waals surface area contributed by atoms with E-state index in [4.69, 9.17) is 5.73 Å². The number of nitrogens with zero attached hydrogens (tertiary/aromatic N) is 2. The molecule has 1 heterocycles. The molecule has 0 aliphatic carbocycles. The lowest BCUT2D eigenvalue weighted by molar-refractivity contribution is 0.100. The third kappa shape index (κ3) is 3.55. The van der Waals surface area contributed by atoms with E-state index in [1.54, 1.807) is 0 Å². The maximum atomic E-state index is 13.6. The molecule has 0 bridgehead atoms. The van der Waals surface area contributed by atoms with Crippen LogP contribution < -0.4 is 10.6 Å². The second-order valence-electron chi connectivity index (χ2n) is 5.47. The first kappa shape index (κ1) is 16.3. The summed E-state index contributed by atoms with van der Waals surface area (Å²) in [4.78, 5) is 21.2. The molecule has 0 saturated carbocycles. The van der Waals surface area contributed by atoms with E-state index in [0.29, 0.717) is 17.0 Å². The molecular formula is C16H23FN4O. The molecule has 0 radical (unpaired) electrons. The predicted molar refractivity (Wildman–Crippen MR) is 86.6 cm³/mol. The number of nitrogens with two attached hydrogens (primary N) is 1. The number of benzene rings is 1. The van der Waals surface area contributed by atoms with Gasteiger partial charge in [0.05, 0.1) is 11.1 Å². The molecule has 0 fully saturated rings. The maximum Gasteiger partial charge on any atom is 0.251 e. The molecule has 120 valence electrons. The molecule has 6 heteroatoms. The molecule has 0 aliphatic rings. The molecule has 0 aliphatic heterocycles. The fourth-order valence-electron chi connectivity index (χ4n) is 2.55. The van der Waals surface area contributed by atoms with E-state index in [1.807, 2.05) is 0 Å². The van der Waals surface area contributed by atoms with Crippen LogP contribution in [0.2, 0.25) is 0 Å². The number of imidazole rings is 1. The van der Waals surface area contributed by atoms with Gasteiger partial charge in [-0.2, -0.15) is 0 Å². The largest absolute Gasteiger partial charge is 0.366 e. The second kappa shape index (κ2) is 7.24. The van der Waals surface area contributed by atoms with Crippen LogP contribution in [0.4, 0.5) is 10.3 Å². The predicted octanol–water partition coefficient (Wildman–Crippen LogP) is 3.21. The Labute approximate surface area is 129 Å². The zero-order chi connectivity index (χ0) is 16.1. The van der Waals surface area contributed by atoms with Crippen molar-refractivity contribution in [1.29, 1.82) is 0 Å². The molecule has 1 aromatic carbocycles. The number of nitrogens with one attached hydrogen (secondary N) is 1. The van der Waals surface area contributed by atoms with Crippen molar-refractivity contribution in [3.05, 3.63) is 23.5 Å². The Hall–Kier alpha value is -2.11. The van der Waals surface area contributed by atoms with E-state index in [0.717, 1.165) is 44.8 Å². The lowest BCUT2D eigenvalue weighted by Gasteiger charge is -2.20. The van der Waals surface area contributed by atoms with Crippen LogP contribution in [0.25, 0.3) is 11.0 Å². The zero-order valence-electron chi connectivity index (χ0n) is 13.2. The Bertz CT molecular complexity index is 653. The first-order valence-corrected chi connectivity index (χ1v) is 7.80. The average Bonchev–Trinajstić information content (AvgIpc) is 2.89. The van der Waals surface area contributed by atoms with Gasteiger partial charge >= 0.3 is 0 Å². The minimum absolute atomic E-state index is 0.113. The molecule has 0 unspecified atom stereocenters. The zero-order valence-corrected chi connectivity index (χ0v) is 13.2. The van der Waals surface area contributed by atoms with Crippen LogP contribution >= 0.6 is 0 Å². The van der Waals surface area contributed by atoms with Gasteiger partial charge < -0.3 is 15.6 Å². The summed E-state index contributed by atoms with van der Waals surface area (Å²) < 4.78 is 13.6. The van der Waals surface area contributed by atoms with E-state index in [9.17, 15) is 9.18 Å². The molecule has 0 saturated heterocycles. The highest BCUT2D eigenvalue weighted by atomic mass is 19.1. The van der Waals surface area contributed by atoms with Gasteiger partial charge in [0.2, 0.25) is 5.95 Å². The summed E-state index contributed by atoms with van der Waals surface area (Å²) in [5.74, 6) is -0.499. The third-order valence-corrected chi connectivity index (χ3v) is 3.63. The van der Waals surface area contributed by atoms with Gasteiger partial charge in [0.25, 0.3) is 5.91 Å². The Kier molecular flexibility index (Phi) is 5.35. The van der Waals surface area contributed by atoms with Crippen molar-refractivity contribution in [2.45, 2.75) is 39.5 Å². The van der Waals surface area contributed by atoms with Gasteiger partial charge in [0.15, 0.2) is 0 Å². The van der Waals surface area contributed by atoms with Crippen molar-refractivity contribution >= 4 is 22.9 Å². The number of rotatable bonds is 8. The van der Waals surface area contributed by atoms with Crippen LogP contribution in [0, 0.1) is 5.82 Å². The van der Waals surface area contributed by atoms with E-state index < -0.39 is 11.7 Å². The summed E-state index contributed by atoms with van der Waals surface area (Å²) in [5.41, 5.74) is 6.36. The number of amides is 1. The quantitative estimate of drug-likeness (QED) is 0.735. The summed E-state index contributed by atoms with van der Waals surface area (Å²) in [6, 6.07) is 2.48. The normalized spacial score (nSPS) is 11.0. The van der Waals surface area contributed by atoms with Gasteiger partial charge in [0, 0.05) is 13.1 Å². The number of hydrogen-bond acceptors (Lipinski definition) is 3. The minimum atomic E-state index is -0.671. The number of halogens is 1. The number of primary amides is 1. The van der Waals surface area contributed by atoms with E-state index >= 15 is 0 Å².